The summed E-state index contributed by atoms with van der Waals surface area (Å²) in [6, 6.07) is 10.6. The predicted octanol–water partition coefficient (Wildman–Crippen LogP) is 5.14. The number of hydrogen-bond donors (Lipinski definition) is 1. The minimum absolute atomic E-state index is 0.188. The van der Waals surface area contributed by atoms with Gasteiger partial charge in [-0.05, 0) is 32.8 Å². The maximum Gasteiger partial charge on any atom is 0.0975 e. The fraction of sp³-hybridized carbons (Fsp3) is 0.667. The summed E-state index contributed by atoms with van der Waals surface area (Å²) in [7, 11) is -1.03. The Balaban J connectivity index is 2.61. The van der Waals surface area contributed by atoms with Crippen LogP contribution >= 0.6 is 0 Å². The van der Waals surface area contributed by atoms with Crippen LogP contribution in [-0.4, -0.2) is 8.96 Å². The summed E-state index contributed by atoms with van der Waals surface area (Å²) in [5.41, 5.74) is 1.24. The molecule has 0 saturated carbocycles. The van der Waals surface area contributed by atoms with Crippen molar-refractivity contribution >= 4 is 11.0 Å². The second-order valence-corrected chi connectivity index (χ2v) is 8.66. The average Bonchev–Trinajstić information content (AvgIpc) is 2.45. The van der Waals surface area contributed by atoms with Gasteiger partial charge in [-0.1, -0.05) is 69.4 Å². The van der Waals surface area contributed by atoms with Crippen LogP contribution in [0.5, 0.6) is 0 Å². The maximum atomic E-state index is 12.4. The van der Waals surface area contributed by atoms with E-state index in [-0.39, 0.29) is 10.8 Å². The molecule has 0 radical (unpaired) electrons. The molecule has 0 spiro atoms. The Labute approximate surface area is 133 Å². The standard InChI is InChI=1S/C18H31NOS/c1-5-6-7-8-12-15-17(16-13-10-9-11-14-16)19-21(20)18(2,3)4/h9-11,13-14,17,19H,5-8,12,15H2,1-4H3/t17-,21+/m1/s1. The summed E-state index contributed by atoms with van der Waals surface area (Å²) in [4.78, 5) is 0. The fourth-order valence-electron chi connectivity index (χ4n) is 2.24. The van der Waals surface area contributed by atoms with E-state index in [4.69, 9.17) is 0 Å². The van der Waals surface area contributed by atoms with Crippen molar-refractivity contribution in [2.45, 2.75) is 77.0 Å². The van der Waals surface area contributed by atoms with Crippen molar-refractivity contribution in [1.82, 2.24) is 4.72 Å². The molecule has 0 aliphatic carbocycles. The third kappa shape index (κ3) is 7.23. The Morgan fingerprint density at radius 1 is 1.05 bits per heavy atom. The normalized spacial score (nSPS) is 14.9. The predicted molar refractivity (Wildman–Crippen MR) is 93.6 cm³/mol. The van der Waals surface area contributed by atoms with E-state index in [1.807, 2.05) is 26.8 Å². The highest BCUT2D eigenvalue weighted by molar-refractivity contribution is 7.84. The van der Waals surface area contributed by atoms with E-state index >= 15 is 0 Å². The van der Waals surface area contributed by atoms with Crippen molar-refractivity contribution < 1.29 is 4.21 Å². The number of benzene rings is 1. The summed E-state index contributed by atoms with van der Waals surface area (Å²) in [5.74, 6) is 0. The molecule has 21 heavy (non-hydrogen) atoms. The van der Waals surface area contributed by atoms with E-state index < -0.39 is 11.0 Å². The first-order valence-electron chi connectivity index (χ1n) is 8.18. The topological polar surface area (TPSA) is 29.1 Å². The highest BCUT2D eigenvalue weighted by Gasteiger charge is 2.23. The molecule has 0 bridgehead atoms. The van der Waals surface area contributed by atoms with Gasteiger partial charge in [0.2, 0.25) is 0 Å². The molecule has 0 aliphatic rings. The van der Waals surface area contributed by atoms with Gasteiger partial charge in [-0.2, -0.15) is 0 Å². The Hall–Kier alpha value is -0.670. The Kier molecular flexibility index (Phi) is 8.20. The van der Waals surface area contributed by atoms with Crippen molar-refractivity contribution in [2.24, 2.45) is 0 Å². The second-order valence-electron chi connectivity index (χ2n) is 6.67. The molecule has 0 saturated heterocycles. The highest BCUT2D eigenvalue weighted by Crippen LogP contribution is 2.23. The van der Waals surface area contributed by atoms with Crippen molar-refractivity contribution in [2.75, 3.05) is 0 Å². The minimum Gasteiger partial charge on any atom is -0.242 e. The SMILES string of the molecule is CCCCCCC[C@@H](N[S@@](=O)C(C)(C)C)c1ccccc1. The zero-order chi connectivity index (χ0) is 15.7. The van der Waals surface area contributed by atoms with Crippen molar-refractivity contribution in [3.05, 3.63) is 35.9 Å². The molecule has 0 amide bonds. The summed E-state index contributed by atoms with van der Waals surface area (Å²) in [6.07, 6.45) is 7.40. The lowest BCUT2D eigenvalue weighted by molar-refractivity contribution is 0.523. The largest absolute Gasteiger partial charge is 0.242 e. The molecule has 2 atom stereocenters. The van der Waals surface area contributed by atoms with Gasteiger partial charge in [0.1, 0.15) is 0 Å². The molecule has 1 aromatic carbocycles. The van der Waals surface area contributed by atoms with Crippen LogP contribution in [0.15, 0.2) is 30.3 Å². The molecule has 0 heterocycles. The molecule has 120 valence electrons. The van der Waals surface area contributed by atoms with Crippen LogP contribution < -0.4 is 4.72 Å². The van der Waals surface area contributed by atoms with Crippen LogP contribution in [0.25, 0.3) is 0 Å². The maximum absolute atomic E-state index is 12.4. The number of hydrogen-bond acceptors (Lipinski definition) is 1. The highest BCUT2D eigenvalue weighted by atomic mass is 32.2. The van der Waals surface area contributed by atoms with E-state index in [2.05, 4.69) is 35.9 Å². The lowest BCUT2D eigenvalue weighted by Crippen LogP contribution is -2.35. The summed E-state index contributed by atoms with van der Waals surface area (Å²) in [5, 5.41) is 0. The monoisotopic (exact) mass is 309 g/mol. The molecule has 1 N–H and O–H groups in total. The first-order valence-corrected chi connectivity index (χ1v) is 9.33. The molecular weight excluding hydrogens is 278 g/mol. The van der Waals surface area contributed by atoms with Crippen molar-refractivity contribution in [3.63, 3.8) is 0 Å². The molecule has 3 heteroatoms. The van der Waals surface area contributed by atoms with E-state index in [1.54, 1.807) is 0 Å². The minimum atomic E-state index is -1.03. The quantitative estimate of drug-likeness (QED) is 0.629. The van der Waals surface area contributed by atoms with Gasteiger partial charge < -0.3 is 0 Å². The molecule has 0 unspecified atom stereocenters. The molecule has 1 aromatic rings. The van der Waals surface area contributed by atoms with Crippen molar-refractivity contribution in [1.29, 1.82) is 0 Å². The third-order valence-corrected chi connectivity index (χ3v) is 5.21. The zero-order valence-electron chi connectivity index (χ0n) is 14.0. The summed E-state index contributed by atoms with van der Waals surface area (Å²) in [6.45, 7) is 8.28. The van der Waals surface area contributed by atoms with Gasteiger partial charge in [0.25, 0.3) is 0 Å². The van der Waals surface area contributed by atoms with Crippen LogP contribution in [0.3, 0.4) is 0 Å². The van der Waals surface area contributed by atoms with Crippen LogP contribution in [0.2, 0.25) is 0 Å². The summed E-state index contributed by atoms with van der Waals surface area (Å²) < 4.78 is 15.5. The van der Waals surface area contributed by atoms with Crippen LogP contribution in [0, 0.1) is 0 Å². The smallest absolute Gasteiger partial charge is 0.0975 e. The van der Waals surface area contributed by atoms with E-state index in [0.717, 1.165) is 6.42 Å². The van der Waals surface area contributed by atoms with E-state index in [9.17, 15) is 4.21 Å². The lowest BCUT2D eigenvalue weighted by Gasteiger charge is -2.24. The lowest BCUT2D eigenvalue weighted by atomic mass is 10.0. The van der Waals surface area contributed by atoms with Gasteiger partial charge in [0, 0.05) is 6.04 Å². The molecule has 0 fully saturated rings. The molecule has 0 aliphatic heterocycles. The van der Waals surface area contributed by atoms with Gasteiger partial charge in [-0.15, -0.1) is 0 Å². The molecular formula is C18H31NOS. The Morgan fingerprint density at radius 3 is 2.24 bits per heavy atom. The van der Waals surface area contributed by atoms with Crippen LogP contribution in [0.1, 0.15) is 77.8 Å². The van der Waals surface area contributed by atoms with Gasteiger partial charge in [0.05, 0.1) is 15.7 Å². The van der Waals surface area contributed by atoms with Crippen LogP contribution in [0.4, 0.5) is 0 Å². The first kappa shape index (κ1) is 18.4. The van der Waals surface area contributed by atoms with Gasteiger partial charge in [-0.3, -0.25) is 0 Å². The van der Waals surface area contributed by atoms with Gasteiger partial charge >= 0.3 is 0 Å². The fourth-order valence-corrected chi connectivity index (χ4v) is 3.10. The Bertz CT molecular complexity index is 411. The Morgan fingerprint density at radius 2 is 1.67 bits per heavy atom. The number of rotatable bonds is 9. The second kappa shape index (κ2) is 9.37. The van der Waals surface area contributed by atoms with E-state index in [0.29, 0.717) is 0 Å². The molecule has 2 nitrogen and oxygen atoms in total. The molecule has 0 aromatic heterocycles. The zero-order valence-corrected chi connectivity index (χ0v) is 14.8. The van der Waals surface area contributed by atoms with Gasteiger partial charge in [0.15, 0.2) is 0 Å². The average molecular weight is 310 g/mol. The number of unbranched alkanes of at least 4 members (excludes halogenated alkanes) is 4. The van der Waals surface area contributed by atoms with Crippen LogP contribution in [-0.2, 0) is 11.0 Å². The number of nitrogens with one attached hydrogen (secondary N) is 1. The van der Waals surface area contributed by atoms with Crippen molar-refractivity contribution in [3.8, 4) is 0 Å². The third-order valence-electron chi connectivity index (χ3n) is 3.60. The first-order chi connectivity index (χ1) is 9.95. The molecule has 1 rings (SSSR count). The summed E-state index contributed by atoms with van der Waals surface area (Å²) >= 11 is 0. The van der Waals surface area contributed by atoms with Gasteiger partial charge in [-0.25, -0.2) is 8.93 Å². The van der Waals surface area contributed by atoms with E-state index in [1.165, 1.54) is 37.7 Å².